The van der Waals surface area contributed by atoms with Crippen molar-refractivity contribution in [1.82, 2.24) is 4.90 Å². The van der Waals surface area contributed by atoms with E-state index >= 15 is 0 Å². The molecule has 0 saturated carbocycles. The molecule has 2 N–H and O–H groups in total. The van der Waals surface area contributed by atoms with E-state index in [9.17, 15) is 0 Å². The van der Waals surface area contributed by atoms with Crippen molar-refractivity contribution >= 4 is 5.69 Å². The summed E-state index contributed by atoms with van der Waals surface area (Å²) in [5.74, 6) is 0. The van der Waals surface area contributed by atoms with Crippen LogP contribution in [0.4, 0.5) is 5.69 Å². The number of nitrogens with two attached hydrogens (primary N) is 1. The normalized spacial score (nSPS) is 20.4. The Morgan fingerprint density at radius 1 is 1.29 bits per heavy atom. The molecular weight excluding hydrogens is 264 g/mol. The molecule has 0 aliphatic carbocycles. The summed E-state index contributed by atoms with van der Waals surface area (Å²) in [6.07, 6.45) is 4.70. The van der Waals surface area contributed by atoms with Gasteiger partial charge in [-0.05, 0) is 42.9 Å². The van der Waals surface area contributed by atoms with Crippen molar-refractivity contribution < 1.29 is 9.47 Å². The number of hydrogen-bond donors (Lipinski definition) is 1. The quantitative estimate of drug-likeness (QED) is 0.667. The minimum atomic E-state index is 0.417. The maximum absolute atomic E-state index is 6.04. The fraction of sp³-hybridized carbons (Fsp3) is 0.647. The summed E-state index contributed by atoms with van der Waals surface area (Å²) in [4.78, 5) is 2.51. The first-order valence-electron chi connectivity index (χ1n) is 8.11. The highest BCUT2D eigenvalue weighted by Gasteiger charge is 2.18. The van der Waals surface area contributed by atoms with E-state index in [0.29, 0.717) is 6.10 Å². The molecule has 1 aromatic rings. The van der Waals surface area contributed by atoms with Crippen LogP contribution in [0, 0.1) is 0 Å². The smallest absolute Gasteiger partial charge is 0.0619 e. The lowest BCUT2D eigenvalue weighted by molar-refractivity contribution is -0.0339. The van der Waals surface area contributed by atoms with Crippen molar-refractivity contribution in [2.45, 2.75) is 38.3 Å². The number of nitrogen functional groups attached to an aromatic ring is 1. The number of benzene rings is 1. The van der Waals surface area contributed by atoms with Gasteiger partial charge in [-0.15, -0.1) is 0 Å². The molecule has 4 nitrogen and oxygen atoms in total. The third-order valence-corrected chi connectivity index (χ3v) is 4.52. The third kappa shape index (κ3) is 3.96. The summed E-state index contributed by atoms with van der Waals surface area (Å²) >= 11 is 0. The zero-order valence-electron chi connectivity index (χ0n) is 12.7. The third-order valence-electron chi connectivity index (χ3n) is 4.52. The van der Waals surface area contributed by atoms with Crippen LogP contribution in [-0.2, 0) is 22.4 Å². The Hall–Kier alpha value is -1.10. The molecule has 2 heterocycles. The molecule has 0 amide bonds. The number of ether oxygens (including phenoxy) is 2. The van der Waals surface area contributed by atoms with Crippen LogP contribution in [0.1, 0.15) is 30.4 Å². The summed E-state index contributed by atoms with van der Waals surface area (Å²) < 4.78 is 11.3. The lowest BCUT2D eigenvalue weighted by Crippen LogP contribution is -2.32. The van der Waals surface area contributed by atoms with Gasteiger partial charge in [0.15, 0.2) is 0 Å². The van der Waals surface area contributed by atoms with Crippen LogP contribution >= 0.6 is 0 Å². The standard InChI is InChI=1S/C17H26N2O2/c18-17-4-1-3-14-13-19(9-5-16(14)17)8-2-10-21-15-6-11-20-12-7-15/h1,3-4,15H,2,5-13,18H2. The first-order valence-corrected chi connectivity index (χ1v) is 8.11. The summed E-state index contributed by atoms with van der Waals surface area (Å²) in [5.41, 5.74) is 9.74. The minimum absolute atomic E-state index is 0.417. The van der Waals surface area contributed by atoms with E-state index in [4.69, 9.17) is 15.2 Å². The predicted octanol–water partition coefficient (Wildman–Crippen LogP) is 2.21. The van der Waals surface area contributed by atoms with E-state index in [-0.39, 0.29) is 0 Å². The van der Waals surface area contributed by atoms with Gasteiger partial charge in [0.2, 0.25) is 0 Å². The monoisotopic (exact) mass is 290 g/mol. The molecule has 1 aromatic carbocycles. The topological polar surface area (TPSA) is 47.7 Å². The number of nitrogens with zero attached hydrogens (tertiary/aromatic N) is 1. The summed E-state index contributed by atoms with van der Waals surface area (Å²) in [6, 6.07) is 6.28. The molecule has 0 unspecified atom stereocenters. The molecule has 2 aliphatic heterocycles. The van der Waals surface area contributed by atoms with Crippen molar-refractivity contribution in [1.29, 1.82) is 0 Å². The molecular formula is C17H26N2O2. The van der Waals surface area contributed by atoms with E-state index < -0.39 is 0 Å². The largest absolute Gasteiger partial charge is 0.398 e. The average Bonchev–Trinajstić information content (AvgIpc) is 2.53. The van der Waals surface area contributed by atoms with E-state index in [2.05, 4.69) is 17.0 Å². The van der Waals surface area contributed by atoms with Gasteiger partial charge in [-0.25, -0.2) is 0 Å². The van der Waals surface area contributed by atoms with Crippen LogP contribution in [-0.4, -0.2) is 43.9 Å². The van der Waals surface area contributed by atoms with Gasteiger partial charge in [-0.1, -0.05) is 12.1 Å². The van der Waals surface area contributed by atoms with E-state index in [1.54, 1.807) is 0 Å². The van der Waals surface area contributed by atoms with Gasteiger partial charge in [0, 0.05) is 45.1 Å². The van der Waals surface area contributed by atoms with Crippen LogP contribution < -0.4 is 5.73 Å². The fourth-order valence-corrected chi connectivity index (χ4v) is 3.27. The Bertz CT molecular complexity index is 458. The summed E-state index contributed by atoms with van der Waals surface area (Å²) in [5, 5.41) is 0. The van der Waals surface area contributed by atoms with E-state index in [1.165, 1.54) is 11.1 Å². The molecule has 0 radical (unpaired) electrons. The Balaban J connectivity index is 1.39. The molecule has 0 atom stereocenters. The van der Waals surface area contributed by atoms with Gasteiger partial charge in [0.1, 0.15) is 0 Å². The first-order chi connectivity index (χ1) is 10.3. The SMILES string of the molecule is Nc1cccc2c1CCN(CCCOC1CCOCC1)C2. The Labute approximate surface area is 127 Å². The molecule has 1 fully saturated rings. The fourth-order valence-electron chi connectivity index (χ4n) is 3.27. The average molecular weight is 290 g/mol. The Morgan fingerprint density at radius 2 is 2.14 bits per heavy atom. The number of anilines is 1. The van der Waals surface area contributed by atoms with Gasteiger partial charge in [-0.3, -0.25) is 4.90 Å². The molecule has 1 saturated heterocycles. The lowest BCUT2D eigenvalue weighted by atomic mass is 9.98. The van der Waals surface area contributed by atoms with E-state index in [0.717, 1.165) is 70.8 Å². The van der Waals surface area contributed by atoms with Crippen LogP contribution in [0.15, 0.2) is 18.2 Å². The van der Waals surface area contributed by atoms with Crippen molar-refractivity contribution in [3.05, 3.63) is 29.3 Å². The second kappa shape index (κ2) is 7.25. The van der Waals surface area contributed by atoms with Crippen molar-refractivity contribution in [3.8, 4) is 0 Å². The maximum Gasteiger partial charge on any atom is 0.0619 e. The second-order valence-corrected chi connectivity index (χ2v) is 6.05. The molecule has 0 bridgehead atoms. The summed E-state index contributed by atoms with van der Waals surface area (Å²) in [7, 11) is 0. The number of hydrogen-bond acceptors (Lipinski definition) is 4. The van der Waals surface area contributed by atoms with Crippen LogP contribution in [0.3, 0.4) is 0 Å². The molecule has 0 aromatic heterocycles. The van der Waals surface area contributed by atoms with Crippen molar-refractivity contribution in [3.63, 3.8) is 0 Å². The summed E-state index contributed by atoms with van der Waals surface area (Å²) in [6.45, 7) is 5.82. The molecule has 21 heavy (non-hydrogen) atoms. The van der Waals surface area contributed by atoms with Gasteiger partial charge < -0.3 is 15.2 Å². The van der Waals surface area contributed by atoms with Crippen molar-refractivity contribution in [2.24, 2.45) is 0 Å². The minimum Gasteiger partial charge on any atom is -0.398 e. The molecule has 0 spiro atoms. The second-order valence-electron chi connectivity index (χ2n) is 6.05. The highest BCUT2D eigenvalue weighted by Crippen LogP contribution is 2.24. The van der Waals surface area contributed by atoms with Crippen LogP contribution in [0.25, 0.3) is 0 Å². The van der Waals surface area contributed by atoms with Crippen LogP contribution in [0.5, 0.6) is 0 Å². The number of fused-ring (bicyclic) bond motifs is 1. The molecule has 4 heteroatoms. The van der Waals surface area contributed by atoms with Gasteiger partial charge in [0.05, 0.1) is 6.10 Å². The van der Waals surface area contributed by atoms with Gasteiger partial charge in [-0.2, -0.15) is 0 Å². The molecule has 2 aliphatic rings. The highest BCUT2D eigenvalue weighted by molar-refractivity contribution is 5.51. The first kappa shape index (κ1) is 14.8. The highest BCUT2D eigenvalue weighted by atomic mass is 16.5. The predicted molar refractivity (Wildman–Crippen MR) is 84.2 cm³/mol. The number of rotatable bonds is 5. The zero-order valence-corrected chi connectivity index (χ0v) is 12.7. The lowest BCUT2D eigenvalue weighted by Gasteiger charge is -2.29. The molecule has 3 rings (SSSR count). The molecule has 116 valence electrons. The van der Waals surface area contributed by atoms with Crippen LogP contribution in [0.2, 0.25) is 0 Å². The van der Waals surface area contributed by atoms with Crippen molar-refractivity contribution in [2.75, 3.05) is 38.6 Å². The van der Waals surface area contributed by atoms with Gasteiger partial charge in [0.25, 0.3) is 0 Å². The Kier molecular flexibility index (Phi) is 5.12. The van der Waals surface area contributed by atoms with E-state index in [1.807, 2.05) is 6.07 Å². The maximum atomic E-state index is 6.04. The zero-order chi connectivity index (χ0) is 14.5. The van der Waals surface area contributed by atoms with Gasteiger partial charge >= 0.3 is 0 Å². The Morgan fingerprint density at radius 3 is 3.00 bits per heavy atom.